The number of ether oxygens (including phenoxy) is 2. The van der Waals surface area contributed by atoms with Gasteiger partial charge in [-0.15, -0.1) is 0 Å². The van der Waals surface area contributed by atoms with Crippen LogP contribution >= 0.6 is 0 Å². The van der Waals surface area contributed by atoms with Gasteiger partial charge < -0.3 is 19.7 Å². The number of fused-ring (bicyclic) bond motifs is 1. The highest BCUT2D eigenvalue weighted by Gasteiger charge is 2.46. The Morgan fingerprint density at radius 1 is 1.03 bits per heavy atom. The van der Waals surface area contributed by atoms with Crippen LogP contribution in [0.5, 0.6) is 11.5 Å². The van der Waals surface area contributed by atoms with Gasteiger partial charge in [0.05, 0.1) is 25.7 Å². The predicted molar refractivity (Wildman–Crippen MR) is 142 cm³/mol. The maximum Gasteiger partial charge on any atom is 0.281 e. The standard InChI is InChI=1S/C24H41N7O4S/c1-27(2)24(30-12-14-31(15-13-30)36(32,33)28(3)4)20-17-22(34-5)23(18-21(20)25-19-26-24)35-16-8-11-29-9-6-7-10-29/h17-19H,6-16H2,1-5H3,(H,25,26). The quantitative estimate of drug-likeness (QED) is 0.456. The molecule has 4 rings (SSSR count). The number of methoxy groups -OCH3 is 1. The molecule has 2 fully saturated rings. The molecule has 12 heteroatoms. The number of likely N-dealkylation sites (tertiary alicyclic amines) is 1. The number of piperazine rings is 1. The zero-order valence-electron chi connectivity index (χ0n) is 22.2. The van der Waals surface area contributed by atoms with Crippen LogP contribution < -0.4 is 14.8 Å². The minimum atomic E-state index is -3.45. The summed E-state index contributed by atoms with van der Waals surface area (Å²) in [4.78, 5) is 11.7. The molecule has 1 aromatic rings. The van der Waals surface area contributed by atoms with E-state index < -0.39 is 16.0 Å². The molecule has 3 aliphatic rings. The predicted octanol–water partition coefficient (Wildman–Crippen LogP) is 1.11. The number of hydrogen-bond donors (Lipinski definition) is 1. The lowest BCUT2D eigenvalue weighted by molar-refractivity contribution is -0.0466. The van der Waals surface area contributed by atoms with Gasteiger partial charge in [0.2, 0.25) is 0 Å². The second-order valence-corrected chi connectivity index (χ2v) is 12.1. The second kappa shape index (κ2) is 11.2. The first-order valence-electron chi connectivity index (χ1n) is 12.7. The lowest BCUT2D eigenvalue weighted by Crippen LogP contribution is -2.62. The fraction of sp³-hybridized carbons (Fsp3) is 0.708. The normalized spacial score (nSPS) is 23.8. The Bertz CT molecular complexity index is 1040. The summed E-state index contributed by atoms with van der Waals surface area (Å²) < 4.78 is 40.0. The van der Waals surface area contributed by atoms with Crippen LogP contribution in [0.25, 0.3) is 0 Å². The van der Waals surface area contributed by atoms with Gasteiger partial charge in [-0.25, -0.2) is 4.99 Å². The van der Waals surface area contributed by atoms with Gasteiger partial charge in [0.15, 0.2) is 17.3 Å². The molecule has 202 valence electrons. The Kier molecular flexibility index (Phi) is 8.42. The van der Waals surface area contributed by atoms with Gasteiger partial charge in [0.25, 0.3) is 10.2 Å². The molecule has 0 radical (unpaired) electrons. The van der Waals surface area contributed by atoms with Crippen molar-refractivity contribution in [1.29, 1.82) is 0 Å². The maximum atomic E-state index is 12.6. The average Bonchev–Trinajstić information content (AvgIpc) is 3.39. The Balaban J connectivity index is 1.54. The van der Waals surface area contributed by atoms with E-state index in [1.54, 1.807) is 27.5 Å². The van der Waals surface area contributed by atoms with Crippen molar-refractivity contribution < 1.29 is 17.9 Å². The maximum absolute atomic E-state index is 12.6. The first-order valence-corrected chi connectivity index (χ1v) is 14.1. The summed E-state index contributed by atoms with van der Waals surface area (Å²) in [5.74, 6) is 0.569. The molecule has 0 aromatic heterocycles. The molecule has 0 bridgehead atoms. The summed E-state index contributed by atoms with van der Waals surface area (Å²) in [6, 6.07) is 3.98. The fourth-order valence-corrected chi connectivity index (χ4v) is 6.41. The van der Waals surface area contributed by atoms with Crippen molar-refractivity contribution in [2.75, 3.05) is 93.0 Å². The van der Waals surface area contributed by atoms with Gasteiger partial charge in [-0.2, -0.15) is 17.0 Å². The first kappa shape index (κ1) is 27.1. The van der Waals surface area contributed by atoms with Gasteiger partial charge in [-0.05, 0) is 52.5 Å². The summed E-state index contributed by atoms with van der Waals surface area (Å²) in [6.07, 6.45) is 5.27. The van der Waals surface area contributed by atoms with Crippen molar-refractivity contribution >= 4 is 22.2 Å². The van der Waals surface area contributed by atoms with E-state index in [0.717, 1.165) is 24.2 Å². The lowest BCUT2D eigenvalue weighted by atomic mass is 9.99. The zero-order valence-corrected chi connectivity index (χ0v) is 23.1. The molecule has 2 saturated heterocycles. The van der Waals surface area contributed by atoms with Gasteiger partial charge in [0.1, 0.15) is 0 Å². The van der Waals surface area contributed by atoms with Crippen LogP contribution in [0.3, 0.4) is 0 Å². The Labute approximate surface area is 215 Å². The fourth-order valence-electron chi connectivity index (χ4n) is 5.32. The first-order chi connectivity index (χ1) is 17.2. The SMILES string of the molecule is COc1cc2c(cc1OCCCN1CCCC1)NC=NC2(N(C)C)N1CCN(S(=O)(=O)N(C)C)CC1. The van der Waals surface area contributed by atoms with Gasteiger partial charge in [-0.3, -0.25) is 9.80 Å². The minimum absolute atomic E-state index is 0.393. The Morgan fingerprint density at radius 2 is 1.72 bits per heavy atom. The number of nitrogens with zero attached hydrogens (tertiary/aromatic N) is 6. The highest BCUT2D eigenvalue weighted by Crippen LogP contribution is 2.44. The van der Waals surface area contributed by atoms with Crippen molar-refractivity contribution in [2.45, 2.75) is 25.0 Å². The number of aliphatic imine (C=N–C) groups is 1. The average molecular weight is 524 g/mol. The molecule has 1 N–H and O–H groups in total. The molecule has 0 amide bonds. The van der Waals surface area contributed by atoms with E-state index in [1.807, 2.05) is 26.2 Å². The van der Waals surface area contributed by atoms with Crippen LogP contribution in [-0.4, -0.2) is 126 Å². The molecule has 0 saturated carbocycles. The molecule has 36 heavy (non-hydrogen) atoms. The summed E-state index contributed by atoms with van der Waals surface area (Å²) >= 11 is 0. The Morgan fingerprint density at radius 3 is 2.33 bits per heavy atom. The van der Waals surface area contributed by atoms with E-state index in [4.69, 9.17) is 14.5 Å². The number of benzene rings is 1. The topological polar surface area (TPSA) is 93.2 Å². The van der Waals surface area contributed by atoms with E-state index in [-0.39, 0.29) is 0 Å². The van der Waals surface area contributed by atoms with Gasteiger partial charge >= 0.3 is 0 Å². The van der Waals surface area contributed by atoms with E-state index in [1.165, 1.54) is 34.5 Å². The molecule has 1 aromatic carbocycles. The van der Waals surface area contributed by atoms with Crippen molar-refractivity contribution in [3.63, 3.8) is 0 Å². The van der Waals surface area contributed by atoms with Crippen molar-refractivity contribution in [1.82, 2.24) is 23.3 Å². The van der Waals surface area contributed by atoms with Crippen LogP contribution in [-0.2, 0) is 16.0 Å². The van der Waals surface area contributed by atoms with Crippen LogP contribution in [0, 0.1) is 0 Å². The zero-order chi connectivity index (χ0) is 25.9. The number of anilines is 1. The molecular weight excluding hydrogens is 482 g/mol. The van der Waals surface area contributed by atoms with E-state index in [9.17, 15) is 8.42 Å². The summed E-state index contributed by atoms with van der Waals surface area (Å²) in [6.45, 7) is 5.92. The molecular formula is C24H41N7O4S. The summed E-state index contributed by atoms with van der Waals surface area (Å²) in [5, 5.41) is 3.28. The molecule has 0 aliphatic carbocycles. The van der Waals surface area contributed by atoms with Crippen molar-refractivity contribution in [3.8, 4) is 11.5 Å². The molecule has 3 aliphatic heterocycles. The smallest absolute Gasteiger partial charge is 0.281 e. The van der Waals surface area contributed by atoms with Gasteiger partial charge in [-0.1, -0.05) is 0 Å². The van der Waals surface area contributed by atoms with E-state index >= 15 is 0 Å². The number of rotatable bonds is 10. The lowest BCUT2D eigenvalue weighted by Gasteiger charge is -2.50. The van der Waals surface area contributed by atoms with E-state index in [0.29, 0.717) is 44.3 Å². The molecule has 0 spiro atoms. The molecule has 1 atom stereocenters. The van der Waals surface area contributed by atoms with E-state index in [2.05, 4.69) is 20.0 Å². The molecule has 1 unspecified atom stereocenters. The van der Waals surface area contributed by atoms with Crippen molar-refractivity contribution in [3.05, 3.63) is 17.7 Å². The summed E-state index contributed by atoms with van der Waals surface area (Å²) in [7, 11) is 5.31. The third-order valence-electron chi connectivity index (χ3n) is 7.30. The number of nitrogens with one attached hydrogen (secondary N) is 1. The Hall–Kier alpha value is -1.96. The molecule has 3 heterocycles. The second-order valence-electron chi connectivity index (χ2n) is 9.91. The molecule has 11 nitrogen and oxygen atoms in total. The van der Waals surface area contributed by atoms with Gasteiger partial charge in [0, 0.05) is 58.4 Å². The highest BCUT2D eigenvalue weighted by atomic mass is 32.2. The number of hydrogen-bond acceptors (Lipinski definition) is 9. The largest absolute Gasteiger partial charge is 0.493 e. The minimum Gasteiger partial charge on any atom is -0.493 e. The van der Waals surface area contributed by atoms with Crippen LogP contribution in [0.15, 0.2) is 17.1 Å². The highest BCUT2D eigenvalue weighted by molar-refractivity contribution is 7.86. The van der Waals surface area contributed by atoms with Crippen LogP contribution in [0.4, 0.5) is 5.69 Å². The third kappa shape index (κ3) is 5.20. The summed E-state index contributed by atoms with van der Waals surface area (Å²) in [5.41, 5.74) is 1.84. The monoisotopic (exact) mass is 523 g/mol. The third-order valence-corrected chi connectivity index (χ3v) is 9.24. The van der Waals surface area contributed by atoms with Crippen molar-refractivity contribution in [2.24, 2.45) is 4.99 Å². The van der Waals surface area contributed by atoms with Crippen LogP contribution in [0.1, 0.15) is 24.8 Å². The van der Waals surface area contributed by atoms with Crippen LogP contribution in [0.2, 0.25) is 0 Å².